The highest BCUT2D eigenvalue weighted by Crippen LogP contribution is 2.29. The van der Waals surface area contributed by atoms with Crippen molar-refractivity contribution in [2.75, 3.05) is 23.4 Å². The Labute approximate surface area is 137 Å². The summed E-state index contributed by atoms with van der Waals surface area (Å²) < 4.78 is 4.78. The molecule has 1 aromatic carbocycles. The average Bonchev–Trinajstić information content (AvgIpc) is 2.44. The number of nitrogens with one attached hydrogen (secondary N) is 1. The maximum absolute atomic E-state index is 11.8. The summed E-state index contributed by atoms with van der Waals surface area (Å²) in [6.45, 7) is 1.99. The van der Waals surface area contributed by atoms with Gasteiger partial charge in [-0.1, -0.05) is 29.3 Å². The van der Waals surface area contributed by atoms with Gasteiger partial charge in [0, 0.05) is 5.75 Å². The lowest BCUT2D eigenvalue weighted by Gasteiger charge is -2.11. The zero-order chi connectivity index (χ0) is 15.8. The van der Waals surface area contributed by atoms with Crippen LogP contribution in [0.4, 0.5) is 5.69 Å². The molecule has 3 N–H and O–H groups in total. The van der Waals surface area contributed by atoms with Crippen LogP contribution in [-0.2, 0) is 14.3 Å². The third-order valence-corrected chi connectivity index (χ3v) is 4.23. The third kappa shape index (κ3) is 6.13. The number of halogens is 2. The molecule has 5 nitrogen and oxygen atoms in total. The third-order valence-electron chi connectivity index (χ3n) is 2.35. The van der Waals surface area contributed by atoms with Gasteiger partial charge in [-0.05, 0) is 19.1 Å². The maximum Gasteiger partial charge on any atom is 0.323 e. The maximum atomic E-state index is 11.8. The van der Waals surface area contributed by atoms with Crippen LogP contribution in [0, 0.1) is 0 Å². The molecule has 1 aromatic rings. The predicted molar refractivity (Wildman–Crippen MR) is 87.0 cm³/mol. The van der Waals surface area contributed by atoms with Crippen molar-refractivity contribution in [3.05, 3.63) is 28.2 Å². The van der Waals surface area contributed by atoms with E-state index in [0.29, 0.717) is 21.5 Å². The Morgan fingerprint density at radius 1 is 1.43 bits per heavy atom. The van der Waals surface area contributed by atoms with Gasteiger partial charge in [-0.15, -0.1) is 11.8 Å². The molecule has 0 saturated heterocycles. The molecule has 1 unspecified atom stereocenters. The number of anilines is 1. The normalized spacial score (nSPS) is 11.8. The molecule has 0 radical (unpaired) electrons. The van der Waals surface area contributed by atoms with Gasteiger partial charge in [0.05, 0.1) is 28.1 Å². The van der Waals surface area contributed by atoms with Crippen molar-refractivity contribution in [1.82, 2.24) is 0 Å². The summed E-state index contributed by atoms with van der Waals surface area (Å²) in [6, 6.07) is 4.24. The lowest BCUT2D eigenvalue weighted by Crippen LogP contribution is -2.35. The molecule has 116 valence electrons. The predicted octanol–water partition coefficient (Wildman–Crippen LogP) is 2.56. The van der Waals surface area contributed by atoms with Gasteiger partial charge >= 0.3 is 5.97 Å². The average molecular weight is 351 g/mol. The summed E-state index contributed by atoms with van der Waals surface area (Å²) in [5.41, 5.74) is 6.07. The summed E-state index contributed by atoms with van der Waals surface area (Å²) in [7, 11) is 0. The second kappa shape index (κ2) is 9.15. The van der Waals surface area contributed by atoms with E-state index >= 15 is 0 Å². The van der Waals surface area contributed by atoms with E-state index in [4.69, 9.17) is 33.7 Å². The molecule has 1 atom stereocenters. The number of rotatable bonds is 7. The minimum atomic E-state index is -0.738. The van der Waals surface area contributed by atoms with Gasteiger partial charge in [0.2, 0.25) is 5.91 Å². The highest BCUT2D eigenvalue weighted by molar-refractivity contribution is 8.00. The molecular formula is C13H16Cl2N2O3S. The number of amides is 1. The number of benzene rings is 1. The molecule has 0 aromatic heterocycles. The van der Waals surface area contributed by atoms with Gasteiger partial charge in [0.25, 0.3) is 0 Å². The number of carbonyl (C=O) groups excluding carboxylic acids is 2. The smallest absolute Gasteiger partial charge is 0.323 e. The van der Waals surface area contributed by atoms with E-state index < -0.39 is 12.0 Å². The van der Waals surface area contributed by atoms with Crippen LogP contribution in [0.1, 0.15) is 6.92 Å². The van der Waals surface area contributed by atoms with Crippen LogP contribution < -0.4 is 11.1 Å². The topological polar surface area (TPSA) is 81.4 Å². The Kier molecular flexibility index (Phi) is 7.88. The molecule has 0 bridgehead atoms. The quantitative estimate of drug-likeness (QED) is 0.738. The number of nitrogens with two attached hydrogens (primary N) is 1. The van der Waals surface area contributed by atoms with Crippen molar-refractivity contribution in [1.29, 1.82) is 0 Å². The van der Waals surface area contributed by atoms with E-state index in [1.54, 1.807) is 25.1 Å². The molecule has 8 heteroatoms. The largest absolute Gasteiger partial charge is 0.465 e. The van der Waals surface area contributed by atoms with E-state index in [1.807, 2.05) is 0 Å². The standard InChI is InChI=1S/C13H16Cl2N2O3S/c1-2-20-13(19)9(16)6-21-7-11(18)17-10-5-3-4-8(14)12(10)15/h3-5,9H,2,6-7,16H2,1H3,(H,17,18). The van der Waals surface area contributed by atoms with Gasteiger partial charge in [-0.3, -0.25) is 9.59 Å². The first-order chi connectivity index (χ1) is 9.95. The van der Waals surface area contributed by atoms with Crippen molar-refractivity contribution in [2.24, 2.45) is 5.73 Å². The van der Waals surface area contributed by atoms with E-state index in [0.717, 1.165) is 0 Å². The van der Waals surface area contributed by atoms with Crippen LogP contribution in [0.2, 0.25) is 10.0 Å². The highest BCUT2D eigenvalue weighted by atomic mass is 35.5. The number of ether oxygens (including phenoxy) is 1. The minimum absolute atomic E-state index is 0.149. The molecule has 1 rings (SSSR count). The summed E-state index contributed by atoms with van der Waals surface area (Å²) in [4.78, 5) is 23.1. The van der Waals surface area contributed by atoms with Crippen LogP contribution in [0.5, 0.6) is 0 Å². The molecule has 0 aliphatic heterocycles. The number of carbonyl (C=O) groups is 2. The zero-order valence-electron chi connectivity index (χ0n) is 11.4. The second-order valence-electron chi connectivity index (χ2n) is 4.02. The monoisotopic (exact) mass is 350 g/mol. The van der Waals surface area contributed by atoms with Crippen molar-refractivity contribution in [2.45, 2.75) is 13.0 Å². The van der Waals surface area contributed by atoms with Crippen molar-refractivity contribution >= 4 is 52.5 Å². The Bertz CT molecular complexity index is 514. The van der Waals surface area contributed by atoms with Crippen LogP contribution in [0.15, 0.2) is 18.2 Å². The van der Waals surface area contributed by atoms with E-state index in [1.165, 1.54) is 11.8 Å². The number of hydrogen-bond acceptors (Lipinski definition) is 5. The molecule has 0 spiro atoms. The fourth-order valence-corrected chi connectivity index (χ4v) is 2.50. The van der Waals surface area contributed by atoms with Crippen molar-refractivity contribution in [3.63, 3.8) is 0 Å². The van der Waals surface area contributed by atoms with E-state index in [9.17, 15) is 9.59 Å². The van der Waals surface area contributed by atoms with Crippen LogP contribution in [0.25, 0.3) is 0 Å². The molecule has 0 heterocycles. The minimum Gasteiger partial charge on any atom is -0.465 e. The number of esters is 1. The molecule has 21 heavy (non-hydrogen) atoms. The fraction of sp³-hybridized carbons (Fsp3) is 0.385. The molecule has 0 saturated carbocycles. The first kappa shape index (κ1) is 18.1. The summed E-state index contributed by atoms with van der Waals surface area (Å²) in [5.74, 6) is -0.269. The highest BCUT2D eigenvalue weighted by Gasteiger charge is 2.15. The Hall–Kier alpha value is -0.950. The number of thioether (sulfide) groups is 1. The van der Waals surface area contributed by atoms with Crippen LogP contribution in [0.3, 0.4) is 0 Å². The first-order valence-electron chi connectivity index (χ1n) is 6.19. The van der Waals surface area contributed by atoms with E-state index in [-0.39, 0.29) is 18.3 Å². The Morgan fingerprint density at radius 2 is 2.14 bits per heavy atom. The van der Waals surface area contributed by atoms with E-state index in [2.05, 4.69) is 5.32 Å². The second-order valence-corrected chi connectivity index (χ2v) is 5.84. The van der Waals surface area contributed by atoms with Gasteiger partial charge in [0.15, 0.2) is 0 Å². The Balaban J connectivity index is 2.38. The zero-order valence-corrected chi connectivity index (χ0v) is 13.7. The van der Waals surface area contributed by atoms with Gasteiger partial charge in [-0.2, -0.15) is 0 Å². The molecule has 0 aliphatic rings. The van der Waals surface area contributed by atoms with Crippen LogP contribution in [-0.4, -0.2) is 36.0 Å². The fourth-order valence-electron chi connectivity index (χ4n) is 1.38. The molecular weight excluding hydrogens is 335 g/mol. The molecule has 0 aliphatic carbocycles. The summed E-state index contributed by atoms with van der Waals surface area (Å²) in [6.07, 6.45) is 0. The van der Waals surface area contributed by atoms with Gasteiger partial charge in [-0.25, -0.2) is 0 Å². The number of hydrogen-bond donors (Lipinski definition) is 2. The first-order valence-corrected chi connectivity index (χ1v) is 8.10. The van der Waals surface area contributed by atoms with Crippen LogP contribution >= 0.6 is 35.0 Å². The molecule has 1 amide bonds. The summed E-state index contributed by atoms with van der Waals surface area (Å²) in [5, 5.41) is 3.31. The lowest BCUT2D eigenvalue weighted by molar-refractivity contribution is -0.144. The molecule has 0 fully saturated rings. The van der Waals surface area contributed by atoms with Crippen molar-refractivity contribution in [3.8, 4) is 0 Å². The summed E-state index contributed by atoms with van der Waals surface area (Å²) >= 11 is 13.1. The van der Waals surface area contributed by atoms with Gasteiger partial charge < -0.3 is 15.8 Å². The SMILES string of the molecule is CCOC(=O)C(N)CSCC(=O)Nc1cccc(Cl)c1Cl. The lowest BCUT2D eigenvalue weighted by atomic mass is 10.3. The Morgan fingerprint density at radius 3 is 2.81 bits per heavy atom. The van der Waals surface area contributed by atoms with Gasteiger partial charge in [0.1, 0.15) is 6.04 Å². The van der Waals surface area contributed by atoms with Crippen molar-refractivity contribution < 1.29 is 14.3 Å².